The lowest BCUT2D eigenvalue weighted by molar-refractivity contribution is 0.0403. The molecule has 1 aromatic carbocycles. The number of Topliss-reactive ketones (excluding diaryl/α,β-unsaturated/α-hetero) is 1. The third kappa shape index (κ3) is 2.40. The van der Waals surface area contributed by atoms with Crippen LogP contribution in [0.15, 0.2) is 18.2 Å². The Morgan fingerprint density at radius 1 is 1.41 bits per heavy atom. The van der Waals surface area contributed by atoms with Crippen LogP contribution in [0.2, 0.25) is 0 Å². The number of ketones is 1. The van der Waals surface area contributed by atoms with Gasteiger partial charge in [0.2, 0.25) is 0 Å². The molecule has 1 saturated heterocycles. The Labute approximate surface area is 102 Å². The summed E-state index contributed by atoms with van der Waals surface area (Å²) in [4.78, 5) is 12.3. The van der Waals surface area contributed by atoms with Crippen LogP contribution < -0.4 is 5.73 Å². The standard InChI is InChI=1S/C14H19NO2/c1-9-4-3-5-12(10(9)2)14(16)13-7-6-11(8-15)17-13/h3-5,11,13H,6-8,15H2,1-2H3. The number of rotatable bonds is 3. The number of carbonyl (C=O) groups excluding carboxylic acids is 1. The Morgan fingerprint density at radius 3 is 2.82 bits per heavy atom. The molecule has 2 rings (SSSR count). The fourth-order valence-corrected chi connectivity index (χ4v) is 2.26. The Kier molecular flexibility index (Phi) is 3.60. The van der Waals surface area contributed by atoms with Gasteiger partial charge in [0.1, 0.15) is 6.10 Å². The maximum Gasteiger partial charge on any atom is 0.191 e. The van der Waals surface area contributed by atoms with Crippen molar-refractivity contribution in [3.63, 3.8) is 0 Å². The Balaban J connectivity index is 2.18. The van der Waals surface area contributed by atoms with E-state index in [4.69, 9.17) is 10.5 Å². The van der Waals surface area contributed by atoms with Gasteiger partial charge in [0, 0.05) is 12.1 Å². The van der Waals surface area contributed by atoms with E-state index in [-0.39, 0.29) is 18.0 Å². The van der Waals surface area contributed by atoms with Crippen molar-refractivity contribution in [2.24, 2.45) is 5.73 Å². The number of nitrogens with two attached hydrogens (primary N) is 1. The molecule has 0 saturated carbocycles. The molecule has 0 amide bonds. The van der Waals surface area contributed by atoms with Crippen molar-refractivity contribution in [2.45, 2.75) is 38.9 Å². The summed E-state index contributed by atoms with van der Waals surface area (Å²) >= 11 is 0. The number of hydrogen-bond acceptors (Lipinski definition) is 3. The van der Waals surface area contributed by atoms with Crippen LogP contribution in [0.1, 0.15) is 34.3 Å². The normalized spacial score (nSPS) is 23.9. The predicted molar refractivity (Wildman–Crippen MR) is 67.2 cm³/mol. The molecule has 0 radical (unpaired) electrons. The molecule has 1 aliphatic heterocycles. The Morgan fingerprint density at radius 2 is 2.18 bits per heavy atom. The van der Waals surface area contributed by atoms with Crippen molar-refractivity contribution in [1.29, 1.82) is 0 Å². The third-order valence-corrected chi connectivity index (χ3v) is 3.53. The molecule has 3 nitrogen and oxygen atoms in total. The molecule has 0 aliphatic carbocycles. The van der Waals surface area contributed by atoms with Gasteiger partial charge in [-0.05, 0) is 37.8 Å². The number of carbonyl (C=O) groups is 1. The molecule has 3 heteroatoms. The first-order valence-corrected chi connectivity index (χ1v) is 6.09. The first-order chi connectivity index (χ1) is 8.13. The van der Waals surface area contributed by atoms with Crippen LogP contribution in [0.4, 0.5) is 0 Å². The van der Waals surface area contributed by atoms with Crippen molar-refractivity contribution in [3.05, 3.63) is 34.9 Å². The van der Waals surface area contributed by atoms with E-state index in [9.17, 15) is 4.79 Å². The van der Waals surface area contributed by atoms with E-state index < -0.39 is 0 Å². The smallest absolute Gasteiger partial charge is 0.191 e. The summed E-state index contributed by atoms with van der Waals surface area (Å²) in [7, 11) is 0. The fraction of sp³-hybridized carbons (Fsp3) is 0.500. The molecule has 1 aromatic rings. The van der Waals surface area contributed by atoms with Crippen LogP contribution >= 0.6 is 0 Å². The van der Waals surface area contributed by atoms with E-state index in [1.54, 1.807) is 0 Å². The maximum atomic E-state index is 12.3. The van der Waals surface area contributed by atoms with Crippen LogP contribution in [0.25, 0.3) is 0 Å². The summed E-state index contributed by atoms with van der Waals surface area (Å²) < 4.78 is 5.65. The lowest BCUT2D eigenvalue weighted by Gasteiger charge is -2.13. The number of ether oxygens (including phenoxy) is 1. The minimum atomic E-state index is -0.302. The van der Waals surface area contributed by atoms with Gasteiger partial charge in [0.25, 0.3) is 0 Å². The summed E-state index contributed by atoms with van der Waals surface area (Å²) in [6, 6.07) is 5.82. The van der Waals surface area contributed by atoms with Crippen LogP contribution in [0.3, 0.4) is 0 Å². The molecule has 17 heavy (non-hydrogen) atoms. The van der Waals surface area contributed by atoms with Gasteiger partial charge in [0.05, 0.1) is 6.10 Å². The average molecular weight is 233 g/mol. The molecule has 0 aromatic heterocycles. The molecule has 0 bridgehead atoms. The van der Waals surface area contributed by atoms with Crippen molar-refractivity contribution in [3.8, 4) is 0 Å². The zero-order valence-corrected chi connectivity index (χ0v) is 10.4. The van der Waals surface area contributed by atoms with Gasteiger partial charge in [-0.2, -0.15) is 0 Å². The fourth-order valence-electron chi connectivity index (χ4n) is 2.26. The Hall–Kier alpha value is -1.19. The number of benzene rings is 1. The van der Waals surface area contributed by atoms with E-state index in [2.05, 4.69) is 0 Å². The Bertz CT molecular complexity index is 428. The first-order valence-electron chi connectivity index (χ1n) is 6.09. The van der Waals surface area contributed by atoms with Crippen LogP contribution in [0.5, 0.6) is 0 Å². The number of aryl methyl sites for hydroxylation is 1. The molecule has 0 spiro atoms. The van der Waals surface area contributed by atoms with Gasteiger partial charge < -0.3 is 10.5 Å². The van der Waals surface area contributed by atoms with Gasteiger partial charge >= 0.3 is 0 Å². The van der Waals surface area contributed by atoms with Gasteiger partial charge in [0.15, 0.2) is 5.78 Å². The second-order valence-electron chi connectivity index (χ2n) is 4.67. The minimum Gasteiger partial charge on any atom is -0.366 e. The van der Waals surface area contributed by atoms with E-state index in [0.717, 1.165) is 29.5 Å². The van der Waals surface area contributed by atoms with Crippen LogP contribution in [-0.2, 0) is 4.74 Å². The van der Waals surface area contributed by atoms with Gasteiger partial charge in [-0.25, -0.2) is 0 Å². The minimum absolute atomic E-state index is 0.0501. The summed E-state index contributed by atoms with van der Waals surface area (Å²) in [5.74, 6) is 0.0992. The van der Waals surface area contributed by atoms with E-state index in [1.165, 1.54) is 0 Å². The van der Waals surface area contributed by atoms with Crippen molar-refractivity contribution < 1.29 is 9.53 Å². The molecule has 2 unspecified atom stereocenters. The van der Waals surface area contributed by atoms with Gasteiger partial charge in [-0.3, -0.25) is 4.79 Å². The van der Waals surface area contributed by atoms with Crippen LogP contribution in [0, 0.1) is 13.8 Å². The van der Waals surface area contributed by atoms with E-state index in [0.29, 0.717) is 6.54 Å². The lowest BCUT2D eigenvalue weighted by atomic mass is 9.96. The average Bonchev–Trinajstić information content (AvgIpc) is 2.80. The van der Waals surface area contributed by atoms with E-state index >= 15 is 0 Å². The SMILES string of the molecule is Cc1cccc(C(=O)C2CCC(CN)O2)c1C. The first kappa shape index (κ1) is 12.3. The second-order valence-corrected chi connectivity index (χ2v) is 4.67. The molecular formula is C14H19NO2. The molecule has 1 fully saturated rings. The van der Waals surface area contributed by atoms with Gasteiger partial charge in [-0.15, -0.1) is 0 Å². The largest absolute Gasteiger partial charge is 0.366 e. The molecule has 2 atom stereocenters. The topological polar surface area (TPSA) is 52.3 Å². The zero-order valence-electron chi connectivity index (χ0n) is 10.4. The summed E-state index contributed by atoms with van der Waals surface area (Å²) in [5.41, 5.74) is 8.53. The maximum absolute atomic E-state index is 12.3. The highest BCUT2D eigenvalue weighted by atomic mass is 16.5. The molecule has 92 valence electrons. The molecule has 2 N–H and O–H groups in total. The highest BCUT2D eigenvalue weighted by molar-refractivity contribution is 6.01. The molecular weight excluding hydrogens is 214 g/mol. The highest BCUT2D eigenvalue weighted by Crippen LogP contribution is 2.24. The second kappa shape index (κ2) is 4.98. The summed E-state index contributed by atoms with van der Waals surface area (Å²) in [6.45, 7) is 4.50. The third-order valence-electron chi connectivity index (χ3n) is 3.53. The number of hydrogen-bond donors (Lipinski definition) is 1. The summed E-state index contributed by atoms with van der Waals surface area (Å²) in [6.07, 6.45) is 1.42. The molecule has 1 aliphatic rings. The van der Waals surface area contributed by atoms with E-state index in [1.807, 2.05) is 32.0 Å². The van der Waals surface area contributed by atoms with Gasteiger partial charge in [-0.1, -0.05) is 18.2 Å². The van der Waals surface area contributed by atoms with Crippen molar-refractivity contribution in [2.75, 3.05) is 6.54 Å². The highest BCUT2D eigenvalue weighted by Gasteiger charge is 2.31. The summed E-state index contributed by atoms with van der Waals surface area (Å²) in [5, 5.41) is 0. The predicted octanol–water partition coefficient (Wildman–Crippen LogP) is 1.99. The van der Waals surface area contributed by atoms with Crippen molar-refractivity contribution in [1.82, 2.24) is 0 Å². The monoisotopic (exact) mass is 233 g/mol. The quantitative estimate of drug-likeness (QED) is 0.812. The zero-order chi connectivity index (χ0) is 12.4. The molecule has 1 heterocycles. The van der Waals surface area contributed by atoms with Crippen LogP contribution in [-0.4, -0.2) is 24.5 Å². The van der Waals surface area contributed by atoms with Crippen molar-refractivity contribution >= 4 is 5.78 Å². The lowest BCUT2D eigenvalue weighted by Crippen LogP contribution is -2.25.